The van der Waals surface area contributed by atoms with Crippen LogP contribution in [0.2, 0.25) is 0 Å². The van der Waals surface area contributed by atoms with Gasteiger partial charge in [0, 0.05) is 25.3 Å². The van der Waals surface area contributed by atoms with E-state index in [0.717, 1.165) is 50.9 Å². The number of carbonyl (C=O) groups excluding carboxylic acids is 1. The van der Waals surface area contributed by atoms with Crippen molar-refractivity contribution >= 4 is 17.5 Å². The van der Waals surface area contributed by atoms with Gasteiger partial charge in [-0.2, -0.15) is 9.97 Å². The molecule has 1 atom stereocenters. The second kappa shape index (κ2) is 7.99. The molecule has 0 spiro atoms. The fourth-order valence-electron chi connectivity index (χ4n) is 3.50. The monoisotopic (exact) mass is 348 g/mol. The Morgan fingerprint density at radius 2 is 2.12 bits per heavy atom. The quantitative estimate of drug-likeness (QED) is 0.813. The fraction of sp³-hybridized carbons (Fsp3) is 0.722. The molecule has 1 saturated heterocycles. The minimum Gasteiger partial charge on any atom is -0.460 e. The molecule has 1 aromatic rings. The van der Waals surface area contributed by atoms with E-state index in [0.29, 0.717) is 24.1 Å². The molecule has 25 heavy (non-hydrogen) atoms. The molecule has 0 radical (unpaired) electrons. The van der Waals surface area contributed by atoms with Gasteiger partial charge in [0.15, 0.2) is 0 Å². The zero-order valence-corrected chi connectivity index (χ0v) is 15.2. The van der Waals surface area contributed by atoms with E-state index in [1.165, 1.54) is 0 Å². The van der Waals surface area contributed by atoms with Gasteiger partial charge < -0.3 is 15.2 Å². The topological polar surface area (TPSA) is 90.6 Å². The molecule has 3 rings (SSSR count). The predicted molar refractivity (Wildman–Crippen MR) is 95.7 cm³/mol. The highest BCUT2D eigenvalue weighted by Gasteiger charge is 2.32. The molecule has 7 nitrogen and oxygen atoms in total. The summed E-state index contributed by atoms with van der Waals surface area (Å²) in [5, 5.41) is 0. The Labute approximate surface area is 148 Å². The number of aromatic nitrogens is 2. The Kier molecular flexibility index (Phi) is 5.73. The van der Waals surface area contributed by atoms with Crippen LogP contribution in [0.25, 0.3) is 0 Å². The van der Waals surface area contributed by atoms with Crippen molar-refractivity contribution in [3.63, 3.8) is 0 Å². The summed E-state index contributed by atoms with van der Waals surface area (Å²) in [6.07, 6.45) is 5.33. The summed E-state index contributed by atoms with van der Waals surface area (Å²) < 4.78 is 11.2. The number of fused-ring (bicyclic) bond motifs is 1. The zero-order chi connectivity index (χ0) is 17.8. The van der Waals surface area contributed by atoms with Crippen LogP contribution >= 0.6 is 0 Å². The molecule has 2 aliphatic heterocycles. The first-order valence-corrected chi connectivity index (χ1v) is 9.29. The summed E-state index contributed by atoms with van der Waals surface area (Å²) in [4.78, 5) is 22.9. The number of hydrogen-bond acceptors (Lipinski definition) is 6. The van der Waals surface area contributed by atoms with Crippen molar-refractivity contribution < 1.29 is 14.3 Å². The Balaban J connectivity index is 1.72. The van der Waals surface area contributed by atoms with E-state index in [-0.39, 0.29) is 24.4 Å². The lowest BCUT2D eigenvalue weighted by molar-refractivity contribution is -0.117. The molecule has 0 aromatic carbocycles. The average molecular weight is 348 g/mol. The molecule has 2 aliphatic rings. The number of ether oxygens (including phenoxy) is 2. The minimum atomic E-state index is 0.0234. The van der Waals surface area contributed by atoms with Crippen molar-refractivity contribution in [2.24, 2.45) is 5.92 Å². The highest BCUT2D eigenvalue weighted by molar-refractivity contribution is 6.01. The molecule has 1 amide bonds. The van der Waals surface area contributed by atoms with E-state index >= 15 is 0 Å². The first-order chi connectivity index (χ1) is 12.1. The van der Waals surface area contributed by atoms with Gasteiger partial charge in [-0.3, -0.25) is 9.69 Å². The third-order valence-electron chi connectivity index (χ3n) is 4.99. The van der Waals surface area contributed by atoms with Gasteiger partial charge in [-0.25, -0.2) is 0 Å². The number of nitrogens with zero attached hydrogens (tertiary/aromatic N) is 3. The van der Waals surface area contributed by atoms with Crippen molar-refractivity contribution in [2.45, 2.75) is 58.5 Å². The number of anilines is 2. The van der Waals surface area contributed by atoms with Gasteiger partial charge >= 0.3 is 6.01 Å². The molecule has 0 aliphatic carbocycles. The summed E-state index contributed by atoms with van der Waals surface area (Å²) in [6, 6.07) is 0.267. The second-order valence-corrected chi connectivity index (χ2v) is 6.98. The van der Waals surface area contributed by atoms with E-state index in [2.05, 4.69) is 16.9 Å². The molecule has 7 heteroatoms. The van der Waals surface area contributed by atoms with Crippen molar-refractivity contribution in [1.82, 2.24) is 9.97 Å². The first kappa shape index (κ1) is 17.9. The van der Waals surface area contributed by atoms with Crippen LogP contribution in [-0.2, 0) is 16.0 Å². The zero-order valence-electron chi connectivity index (χ0n) is 15.2. The van der Waals surface area contributed by atoms with Gasteiger partial charge in [0.2, 0.25) is 5.91 Å². The Morgan fingerprint density at radius 3 is 2.84 bits per heavy atom. The number of nitrogen functional groups attached to an aromatic ring is 1. The van der Waals surface area contributed by atoms with Crippen LogP contribution in [0.5, 0.6) is 6.01 Å². The van der Waals surface area contributed by atoms with Crippen LogP contribution < -0.4 is 15.4 Å². The van der Waals surface area contributed by atoms with Gasteiger partial charge in [-0.15, -0.1) is 0 Å². The third-order valence-corrected chi connectivity index (χ3v) is 4.99. The maximum absolute atomic E-state index is 12.4. The molecule has 3 heterocycles. The number of nitrogens with two attached hydrogens (primary N) is 1. The van der Waals surface area contributed by atoms with Crippen LogP contribution in [0.3, 0.4) is 0 Å². The second-order valence-electron chi connectivity index (χ2n) is 6.98. The van der Waals surface area contributed by atoms with Crippen LogP contribution in [-0.4, -0.2) is 41.7 Å². The highest BCUT2D eigenvalue weighted by atomic mass is 16.5. The van der Waals surface area contributed by atoms with Crippen LogP contribution in [0.1, 0.15) is 51.5 Å². The minimum absolute atomic E-state index is 0.0234. The fourth-order valence-corrected chi connectivity index (χ4v) is 3.50. The van der Waals surface area contributed by atoms with Gasteiger partial charge in [-0.05, 0) is 38.5 Å². The number of hydrogen-bond donors (Lipinski definition) is 1. The summed E-state index contributed by atoms with van der Waals surface area (Å²) >= 11 is 0. The molecule has 0 unspecified atom stereocenters. The van der Waals surface area contributed by atoms with Gasteiger partial charge in [0.1, 0.15) is 11.6 Å². The SMILES string of the molecule is CCC[C@@H](C)Oc1nc(N)c2c(n1)N(CCC1CCOCC1)C(=O)C2. The lowest BCUT2D eigenvalue weighted by Gasteiger charge is -2.24. The molecule has 138 valence electrons. The third kappa shape index (κ3) is 4.21. The normalized spacial score (nSPS) is 19.1. The van der Waals surface area contributed by atoms with Crippen LogP contribution in [0, 0.1) is 5.92 Å². The lowest BCUT2D eigenvalue weighted by Crippen LogP contribution is -2.31. The van der Waals surface area contributed by atoms with Crippen molar-refractivity contribution in [2.75, 3.05) is 30.4 Å². The smallest absolute Gasteiger partial charge is 0.320 e. The van der Waals surface area contributed by atoms with E-state index < -0.39 is 0 Å². The van der Waals surface area contributed by atoms with Crippen LogP contribution in [0.15, 0.2) is 0 Å². The van der Waals surface area contributed by atoms with Gasteiger partial charge in [0.05, 0.1) is 12.5 Å². The molecule has 1 fully saturated rings. The Hall–Kier alpha value is -1.89. The van der Waals surface area contributed by atoms with Crippen molar-refractivity contribution in [3.8, 4) is 6.01 Å². The standard InChI is InChI=1S/C18H28N4O3/c1-3-4-12(2)25-18-20-16(19)14-11-15(23)22(17(14)21-18)8-5-13-6-9-24-10-7-13/h12-13H,3-11H2,1-2H3,(H2,19,20,21)/t12-/m1/s1. The number of amides is 1. The molecule has 0 saturated carbocycles. The summed E-state index contributed by atoms with van der Waals surface area (Å²) in [5.41, 5.74) is 6.79. The maximum atomic E-state index is 12.4. The number of rotatable bonds is 7. The molecular formula is C18H28N4O3. The summed E-state index contributed by atoms with van der Waals surface area (Å²) in [7, 11) is 0. The summed E-state index contributed by atoms with van der Waals surface area (Å²) in [6.45, 7) is 6.39. The molecule has 0 bridgehead atoms. The van der Waals surface area contributed by atoms with Gasteiger partial charge in [0.25, 0.3) is 0 Å². The lowest BCUT2D eigenvalue weighted by atomic mass is 9.96. The van der Waals surface area contributed by atoms with E-state index in [9.17, 15) is 4.79 Å². The van der Waals surface area contributed by atoms with Crippen molar-refractivity contribution in [1.29, 1.82) is 0 Å². The van der Waals surface area contributed by atoms with E-state index in [1.807, 2.05) is 6.92 Å². The van der Waals surface area contributed by atoms with Crippen LogP contribution in [0.4, 0.5) is 11.6 Å². The Bertz CT molecular complexity index is 617. The Morgan fingerprint density at radius 1 is 1.36 bits per heavy atom. The average Bonchev–Trinajstić information content (AvgIpc) is 2.90. The number of carbonyl (C=O) groups is 1. The van der Waals surface area contributed by atoms with Gasteiger partial charge in [-0.1, -0.05) is 13.3 Å². The summed E-state index contributed by atoms with van der Waals surface area (Å²) in [5.74, 6) is 1.63. The highest BCUT2D eigenvalue weighted by Crippen LogP contribution is 2.33. The molecular weight excluding hydrogens is 320 g/mol. The van der Waals surface area contributed by atoms with E-state index in [1.54, 1.807) is 4.90 Å². The predicted octanol–water partition coefficient (Wildman–Crippen LogP) is 2.33. The first-order valence-electron chi connectivity index (χ1n) is 9.29. The maximum Gasteiger partial charge on any atom is 0.320 e. The van der Waals surface area contributed by atoms with E-state index in [4.69, 9.17) is 15.2 Å². The van der Waals surface area contributed by atoms with Crippen molar-refractivity contribution in [3.05, 3.63) is 5.56 Å². The largest absolute Gasteiger partial charge is 0.460 e. The molecule has 1 aromatic heterocycles. The molecule has 2 N–H and O–H groups in total.